The molecule has 0 radical (unpaired) electrons. The predicted octanol–water partition coefficient (Wildman–Crippen LogP) is 3.07. The summed E-state index contributed by atoms with van der Waals surface area (Å²) < 4.78 is 0. The fourth-order valence-electron chi connectivity index (χ4n) is 2.58. The molecule has 1 heterocycles. The summed E-state index contributed by atoms with van der Waals surface area (Å²) in [6, 6.07) is 12.5. The lowest BCUT2D eigenvalue weighted by Gasteiger charge is -2.32. The highest BCUT2D eigenvalue weighted by Gasteiger charge is 2.26. The van der Waals surface area contributed by atoms with Crippen LogP contribution in [-0.2, 0) is 0 Å². The van der Waals surface area contributed by atoms with Crippen LogP contribution in [0.2, 0.25) is 0 Å². The molecular formula is C16H16N2S2. The maximum absolute atomic E-state index is 5.66. The molecule has 0 saturated heterocycles. The molecule has 0 amide bonds. The predicted molar refractivity (Wildman–Crippen MR) is 92.6 cm³/mol. The van der Waals surface area contributed by atoms with Crippen LogP contribution in [0, 0.1) is 0 Å². The molecule has 1 aliphatic heterocycles. The SMILES string of the molecule is CN(C)CCN1C(=S)c2cccc3cccc(c23)C1=S. The molecule has 0 spiro atoms. The Morgan fingerprint density at radius 2 is 1.50 bits per heavy atom. The van der Waals surface area contributed by atoms with Gasteiger partial charge in [0, 0.05) is 29.6 Å². The number of hydrogen-bond donors (Lipinski definition) is 0. The number of likely N-dealkylation sites (N-methyl/N-ethyl adjacent to an activating group) is 1. The molecule has 0 atom stereocenters. The largest absolute Gasteiger partial charge is 0.321 e. The van der Waals surface area contributed by atoms with Crippen LogP contribution in [-0.4, -0.2) is 47.0 Å². The smallest absolute Gasteiger partial charge is 0.114 e. The fourth-order valence-corrected chi connectivity index (χ4v) is 3.35. The van der Waals surface area contributed by atoms with Gasteiger partial charge < -0.3 is 9.80 Å². The lowest BCUT2D eigenvalue weighted by molar-refractivity contribution is 0.383. The Morgan fingerprint density at radius 1 is 0.950 bits per heavy atom. The first kappa shape index (κ1) is 13.6. The van der Waals surface area contributed by atoms with Gasteiger partial charge in [-0.05, 0) is 19.5 Å². The van der Waals surface area contributed by atoms with E-state index < -0.39 is 0 Å². The fraction of sp³-hybridized carbons (Fsp3) is 0.250. The average molecular weight is 300 g/mol. The van der Waals surface area contributed by atoms with Crippen molar-refractivity contribution in [3.8, 4) is 0 Å². The highest BCUT2D eigenvalue weighted by Crippen LogP contribution is 2.30. The average Bonchev–Trinajstić information content (AvgIpc) is 2.44. The van der Waals surface area contributed by atoms with Crippen molar-refractivity contribution in [1.29, 1.82) is 0 Å². The molecule has 0 N–H and O–H groups in total. The normalized spacial score (nSPS) is 14.4. The summed E-state index contributed by atoms with van der Waals surface area (Å²) in [6.07, 6.45) is 0. The number of nitrogens with zero attached hydrogens (tertiary/aromatic N) is 2. The van der Waals surface area contributed by atoms with Gasteiger partial charge in [0.1, 0.15) is 9.98 Å². The van der Waals surface area contributed by atoms with Crippen LogP contribution in [0.1, 0.15) is 11.1 Å². The van der Waals surface area contributed by atoms with Gasteiger partial charge in [0.05, 0.1) is 0 Å². The highest BCUT2D eigenvalue weighted by molar-refractivity contribution is 7.82. The van der Waals surface area contributed by atoms with Crippen LogP contribution in [0.5, 0.6) is 0 Å². The van der Waals surface area contributed by atoms with Crippen molar-refractivity contribution in [2.45, 2.75) is 0 Å². The summed E-state index contributed by atoms with van der Waals surface area (Å²) in [5.41, 5.74) is 2.25. The van der Waals surface area contributed by atoms with Gasteiger partial charge in [0.15, 0.2) is 0 Å². The monoisotopic (exact) mass is 300 g/mol. The third kappa shape index (κ3) is 2.14. The minimum Gasteiger partial charge on any atom is -0.321 e. The van der Waals surface area contributed by atoms with E-state index in [1.165, 1.54) is 10.8 Å². The van der Waals surface area contributed by atoms with Crippen LogP contribution in [0.3, 0.4) is 0 Å². The summed E-state index contributed by atoms with van der Waals surface area (Å²) in [4.78, 5) is 5.93. The lowest BCUT2D eigenvalue weighted by Crippen LogP contribution is -2.42. The van der Waals surface area contributed by atoms with E-state index in [2.05, 4.69) is 60.3 Å². The topological polar surface area (TPSA) is 6.48 Å². The van der Waals surface area contributed by atoms with Crippen molar-refractivity contribution in [3.05, 3.63) is 47.5 Å². The Labute approximate surface area is 130 Å². The summed E-state index contributed by atoms with van der Waals surface area (Å²) in [5.74, 6) is 0. The zero-order valence-corrected chi connectivity index (χ0v) is 13.2. The summed E-state index contributed by atoms with van der Waals surface area (Å²) in [7, 11) is 4.12. The Kier molecular flexibility index (Phi) is 3.54. The van der Waals surface area contributed by atoms with Gasteiger partial charge in [-0.15, -0.1) is 0 Å². The third-order valence-corrected chi connectivity index (χ3v) is 4.51. The van der Waals surface area contributed by atoms with Crippen molar-refractivity contribution >= 4 is 45.2 Å². The highest BCUT2D eigenvalue weighted by atomic mass is 32.1. The molecule has 2 nitrogen and oxygen atoms in total. The van der Waals surface area contributed by atoms with E-state index in [1.54, 1.807) is 0 Å². The number of thiocarbonyl (C=S) groups is 2. The van der Waals surface area contributed by atoms with Gasteiger partial charge in [0.2, 0.25) is 0 Å². The zero-order valence-electron chi connectivity index (χ0n) is 11.6. The molecule has 0 unspecified atom stereocenters. The second-order valence-electron chi connectivity index (χ2n) is 5.27. The lowest BCUT2D eigenvalue weighted by atomic mass is 9.95. The first-order chi connectivity index (χ1) is 9.59. The molecule has 4 heteroatoms. The van der Waals surface area contributed by atoms with E-state index in [9.17, 15) is 0 Å². The van der Waals surface area contributed by atoms with E-state index >= 15 is 0 Å². The van der Waals surface area contributed by atoms with E-state index in [1.807, 2.05) is 0 Å². The number of hydrogen-bond acceptors (Lipinski definition) is 3. The van der Waals surface area contributed by atoms with Crippen molar-refractivity contribution in [2.75, 3.05) is 27.2 Å². The van der Waals surface area contributed by atoms with Gasteiger partial charge in [-0.25, -0.2) is 0 Å². The molecule has 20 heavy (non-hydrogen) atoms. The van der Waals surface area contributed by atoms with Crippen LogP contribution in [0.25, 0.3) is 10.8 Å². The number of benzene rings is 2. The molecule has 1 aliphatic rings. The molecule has 3 rings (SSSR count). The molecule has 0 aliphatic carbocycles. The van der Waals surface area contributed by atoms with Crippen molar-refractivity contribution in [2.24, 2.45) is 0 Å². The van der Waals surface area contributed by atoms with E-state index in [4.69, 9.17) is 24.4 Å². The van der Waals surface area contributed by atoms with Crippen LogP contribution >= 0.6 is 24.4 Å². The molecule has 2 aromatic rings. The molecule has 102 valence electrons. The first-order valence-corrected chi connectivity index (χ1v) is 7.44. The van der Waals surface area contributed by atoms with Gasteiger partial charge in [-0.2, -0.15) is 0 Å². The van der Waals surface area contributed by atoms with Gasteiger partial charge in [0.25, 0.3) is 0 Å². The Hall–Kier alpha value is -1.36. The van der Waals surface area contributed by atoms with Crippen LogP contribution in [0.4, 0.5) is 0 Å². The number of rotatable bonds is 3. The van der Waals surface area contributed by atoms with Crippen molar-refractivity contribution in [3.63, 3.8) is 0 Å². The molecular weight excluding hydrogens is 284 g/mol. The molecule has 0 saturated carbocycles. The van der Waals surface area contributed by atoms with E-state index in [0.29, 0.717) is 0 Å². The van der Waals surface area contributed by atoms with Crippen molar-refractivity contribution in [1.82, 2.24) is 9.80 Å². The summed E-state index contributed by atoms with van der Waals surface area (Å²) in [6.45, 7) is 1.76. The van der Waals surface area contributed by atoms with E-state index in [0.717, 1.165) is 34.2 Å². The van der Waals surface area contributed by atoms with Gasteiger partial charge in [-0.3, -0.25) is 0 Å². The van der Waals surface area contributed by atoms with Crippen LogP contribution in [0.15, 0.2) is 36.4 Å². The second kappa shape index (κ2) is 5.20. The minimum absolute atomic E-state index is 0.829. The maximum Gasteiger partial charge on any atom is 0.114 e. The molecule has 0 fully saturated rings. The standard InChI is InChI=1S/C16H16N2S2/c1-17(2)9-10-18-15(19)12-7-3-5-11-6-4-8-13(14(11)12)16(18)20/h3-8H,9-10H2,1-2H3. The summed E-state index contributed by atoms with van der Waals surface area (Å²) in [5, 5.41) is 2.41. The minimum atomic E-state index is 0.829. The Bertz CT molecular complexity index is 656. The maximum atomic E-state index is 5.66. The first-order valence-electron chi connectivity index (χ1n) is 6.62. The van der Waals surface area contributed by atoms with Gasteiger partial charge >= 0.3 is 0 Å². The molecule has 0 bridgehead atoms. The van der Waals surface area contributed by atoms with E-state index in [-0.39, 0.29) is 0 Å². The second-order valence-corrected chi connectivity index (χ2v) is 6.05. The molecule has 0 aromatic heterocycles. The quantitative estimate of drug-likeness (QED) is 0.803. The van der Waals surface area contributed by atoms with Gasteiger partial charge in [-0.1, -0.05) is 60.8 Å². The Balaban J connectivity index is 2.11. The van der Waals surface area contributed by atoms with Crippen molar-refractivity contribution < 1.29 is 0 Å². The zero-order chi connectivity index (χ0) is 14.3. The Morgan fingerprint density at radius 3 is 2.00 bits per heavy atom. The summed E-state index contributed by atoms with van der Waals surface area (Å²) >= 11 is 11.3. The molecule has 2 aromatic carbocycles. The van der Waals surface area contributed by atoms with Crippen LogP contribution < -0.4 is 0 Å². The third-order valence-electron chi connectivity index (χ3n) is 3.63.